The fourth-order valence-corrected chi connectivity index (χ4v) is 3.93. The molecule has 0 aromatic carbocycles. The monoisotopic (exact) mass is 341 g/mol. The molecule has 1 atom stereocenters. The first-order valence-corrected chi connectivity index (χ1v) is 9.04. The van der Waals surface area contributed by atoms with E-state index in [-0.39, 0.29) is 5.91 Å². The summed E-state index contributed by atoms with van der Waals surface area (Å²) in [7, 11) is 0. The Morgan fingerprint density at radius 2 is 2.08 bits per heavy atom. The first-order chi connectivity index (χ1) is 12.2. The van der Waals surface area contributed by atoms with Gasteiger partial charge in [0.05, 0.1) is 5.69 Å². The third kappa shape index (κ3) is 3.23. The zero-order valence-electron chi connectivity index (χ0n) is 14.3. The molecular formula is C18H23N5O2. The van der Waals surface area contributed by atoms with Crippen LogP contribution in [0.25, 0.3) is 0 Å². The molecule has 0 unspecified atom stereocenters. The van der Waals surface area contributed by atoms with E-state index in [0.29, 0.717) is 24.0 Å². The molecule has 0 bridgehead atoms. The molecule has 132 valence electrons. The summed E-state index contributed by atoms with van der Waals surface area (Å²) in [5.74, 6) is 1.73. The Kier molecular flexibility index (Phi) is 4.38. The van der Waals surface area contributed by atoms with Crippen molar-refractivity contribution in [2.75, 3.05) is 18.8 Å². The first-order valence-electron chi connectivity index (χ1n) is 9.04. The Labute approximate surface area is 146 Å². The number of likely N-dealkylation sites (tertiary alicyclic amines) is 1. The van der Waals surface area contributed by atoms with Crippen molar-refractivity contribution in [3.8, 4) is 0 Å². The summed E-state index contributed by atoms with van der Waals surface area (Å²) in [4.78, 5) is 23.3. The Balaban J connectivity index is 1.47. The predicted molar refractivity (Wildman–Crippen MR) is 91.9 cm³/mol. The Hall–Kier alpha value is -2.44. The van der Waals surface area contributed by atoms with Gasteiger partial charge >= 0.3 is 0 Å². The maximum absolute atomic E-state index is 12.9. The van der Waals surface area contributed by atoms with Crippen molar-refractivity contribution < 1.29 is 9.32 Å². The number of fused-ring (bicyclic) bond motifs is 1. The van der Waals surface area contributed by atoms with Crippen molar-refractivity contribution in [2.45, 2.75) is 44.9 Å². The van der Waals surface area contributed by atoms with Crippen LogP contribution in [-0.4, -0.2) is 39.0 Å². The highest BCUT2D eigenvalue weighted by atomic mass is 16.5. The molecule has 2 aromatic rings. The zero-order chi connectivity index (χ0) is 17.2. The lowest BCUT2D eigenvalue weighted by Crippen LogP contribution is -2.41. The zero-order valence-corrected chi connectivity index (χ0v) is 14.3. The molecule has 0 spiro atoms. The van der Waals surface area contributed by atoms with Crippen LogP contribution in [0.1, 0.15) is 53.2 Å². The number of carbonyl (C=O) groups excluding carboxylic acids is 1. The van der Waals surface area contributed by atoms with Crippen molar-refractivity contribution >= 4 is 11.7 Å². The van der Waals surface area contributed by atoms with E-state index in [0.717, 1.165) is 68.5 Å². The van der Waals surface area contributed by atoms with E-state index in [2.05, 4.69) is 15.1 Å². The van der Waals surface area contributed by atoms with Gasteiger partial charge in [0, 0.05) is 37.5 Å². The highest BCUT2D eigenvalue weighted by molar-refractivity contribution is 5.94. The second-order valence-corrected chi connectivity index (χ2v) is 6.99. The molecule has 1 aliphatic carbocycles. The van der Waals surface area contributed by atoms with Gasteiger partial charge in [-0.05, 0) is 44.4 Å². The minimum absolute atomic E-state index is 0.00344. The highest BCUT2D eigenvalue weighted by Crippen LogP contribution is 2.27. The maximum Gasteiger partial charge on any atom is 0.276 e. The SMILES string of the molecule is Nc1nccnc1C[C@H]1CCCN(C(=O)c2noc3c2CCCC3)C1. The predicted octanol–water partition coefficient (Wildman–Crippen LogP) is 2.02. The molecule has 3 heterocycles. The topological polar surface area (TPSA) is 98.1 Å². The molecule has 4 rings (SSSR count). The molecule has 2 N–H and O–H groups in total. The summed E-state index contributed by atoms with van der Waals surface area (Å²) < 4.78 is 5.40. The van der Waals surface area contributed by atoms with Crippen LogP contribution in [0.5, 0.6) is 0 Å². The molecule has 1 saturated heterocycles. The second-order valence-electron chi connectivity index (χ2n) is 6.99. The van der Waals surface area contributed by atoms with E-state index in [4.69, 9.17) is 10.3 Å². The smallest absolute Gasteiger partial charge is 0.276 e. The van der Waals surface area contributed by atoms with Crippen molar-refractivity contribution in [3.63, 3.8) is 0 Å². The lowest BCUT2D eigenvalue weighted by molar-refractivity contribution is 0.0661. The molecule has 1 aliphatic heterocycles. The fourth-order valence-electron chi connectivity index (χ4n) is 3.93. The van der Waals surface area contributed by atoms with E-state index < -0.39 is 0 Å². The minimum Gasteiger partial charge on any atom is -0.382 e. The standard InChI is InChI=1S/C18H23N5O2/c19-17-14(20-7-8-21-17)10-12-4-3-9-23(11-12)18(24)16-13-5-1-2-6-15(13)25-22-16/h7-8,12H,1-6,9-11H2,(H2,19,21)/t12-/m1/s1. The molecule has 1 amide bonds. The number of piperidine rings is 1. The van der Waals surface area contributed by atoms with E-state index >= 15 is 0 Å². The summed E-state index contributed by atoms with van der Waals surface area (Å²) >= 11 is 0. The third-order valence-electron chi connectivity index (χ3n) is 5.25. The first kappa shape index (κ1) is 16.1. The molecule has 2 aromatic heterocycles. The summed E-state index contributed by atoms with van der Waals surface area (Å²) in [5, 5.41) is 4.09. The van der Waals surface area contributed by atoms with Gasteiger partial charge in [0.1, 0.15) is 11.6 Å². The molecule has 0 radical (unpaired) electrons. The molecule has 0 saturated carbocycles. The van der Waals surface area contributed by atoms with Crippen LogP contribution in [0.3, 0.4) is 0 Å². The van der Waals surface area contributed by atoms with Gasteiger partial charge in [0.2, 0.25) is 0 Å². The van der Waals surface area contributed by atoms with Crippen LogP contribution in [-0.2, 0) is 19.3 Å². The van der Waals surface area contributed by atoms with Gasteiger partial charge in [-0.15, -0.1) is 0 Å². The van der Waals surface area contributed by atoms with Crippen LogP contribution in [0.15, 0.2) is 16.9 Å². The molecule has 1 fully saturated rings. The number of anilines is 1. The van der Waals surface area contributed by atoms with E-state index in [1.807, 2.05) is 4.90 Å². The summed E-state index contributed by atoms with van der Waals surface area (Å²) in [6.45, 7) is 1.48. The van der Waals surface area contributed by atoms with Gasteiger partial charge in [-0.25, -0.2) is 4.98 Å². The highest BCUT2D eigenvalue weighted by Gasteiger charge is 2.30. The van der Waals surface area contributed by atoms with Crippen molar-refractivity contribution in [1.82, 2.24) is 20.0 Å². The number of carbonyl (C=O) groups is 1. The number of hydrogen-bond acceptors (Lipinski definition) is 6. The largest absolute Gasteiger partial charge is 0.382 e. The lowest BCUT2D eigenvalue weighted by Gasteiger charge is -2.32. The van der Waals surface area contributed by atoms with Crippen LogP contribution in [0.2, 0.25) is 0 Å². The van der Waals surface area contributed by atoms with Gasteiger partial charge < -0.3 is 15.2 Å². The normalized spacial score (nSPS) is 20.3. The van der Waals surface area contributed by atoms with Gasteiger partial charge in [0.15, 0.2) is 5.69 Å². The van der Waals surface area contributed by atoms with Gasteiger partial charge in [-0.1, -0.05) is 5.16 Å². The number of nitrogen functional groups attached to an aromatic ring is 1. The maximum atomic E-state index is 12.9. The van der Waals surface area contributed by atoms with Crippen LogP contribution >= 0.6 is 0 Å². The molecule has 7 nitrogen and oxygen atoms in total. The van der Waals surface area contributed by atoms with Gasteiger partial charge in [0.25, 0.3) is 5.91 Å². The molecule has 25 heavy (non-hydrogen) atoms. The molecule has 7 heteroatoms. The van der Waals surface area contributed by atoms with Crippen molar-refractivity contribution in [3.05, 3.63) is 35.1 Å². The summed E-state index contributed by atoms with van der Waals surface area (Å²) in [5.41, 5.74) is 8.28. The number of amides is 1. The van der Waals surface area contributed by atoms with Gasteiger partial charge in [-0.2, -0.15) is 0 Å². The number of aryl methyl sites for hydroxylation is 1. The van der Waals surface area contributed by atoms with E-state index in [9.17, 15) is 4.79 Å². The van der Waals surface area contributed by atoms with Gasteiger partial charge in [-0.3, -0.25) is 9.78 Å². The lowest BCUT2D eigenvalue weighted by atomic mass is 9.92. The number of hydrogen-bond donors (Lipinski definition) is 1. The summed E-state index contributed by atoms with van der Waals surface area (Å²) in [6, 6.07) is 0. The fraction of sp³-hybridized carbons (Fsp3) is 0.556. The summed E-state index contributed by atoms with van der Waals surface area (Å²) in [6.07, 6.45) is 10.1. The van der Waals surface area contributed by atoms with Crippen LogP contribution < -0.4 is 5.73 Å². The van der Waals surface area contributed by atoms with Crippen LogP contribution in [0.4, 0.5) is 5.82 Å². The van der Waals surface area contributed by atoms with Crippen molar-refractivity contribution in [2.24, 2.45) is 5.92 Å². The molecular weight excluding hydrogens is 318 g/mol. The number of rotatable bonds is 3. The average Bonchev–Trinajstić information content (AvgIpc) is 3.07. The third-order valence-corrected chi connectivity index (χ3v) is 5.25. The minimum atomic E-state index is 0.00344. The number of nitrogens with zero attached hydrogens (tertiary/aromatic N) is 4. The Morgan fingerprint density at radius 1 is 1.24 bits per heavy atom. The van der Waals surface area contributed by atoms with E-state index in [1.165, 1.54) is 0 Å². The quantitative estimate of drug-likeness (QED) is 0.917. The number of aromatic nitrogens is 3. The Morgan fingerprint density at radius 3 is 2.96 bits per heavy atom. The number of nitrogens with two attached hydrogens (primary N) is 1. The second kappa shape index (κ2) is 6.82. The average molecular weight is 341 g/mol. The Bertz CT molecular complexity index is 773. The van der Waals surface area contributed by atoms with Crippen LogP contribution in [0, 0.1) is 5.92 Å². The van der Waals surface area contributed by atoms with E-state index in [1.54, 1.807) is 12.4 Å². The van der Waals surface area contributed by atoms with Crippen molar-refractivity contribution in [1.29, 1.82) is 0 Å². The molecule has 2 aliphatic rings.